The minimum atomic E-state index is -1.04. The van der Waals surface area contributed by atoms with E-state index in [1.165, 1.54) is 31.4 Å². The lowest BCUT2D eigenvalue weighted by Crippen LogP contribution is -2.59. The summed E-state index contributed by atoms with van der Waals surface area (Å²) in [5.41, 5.74) is 1.85. The Kier molecular flexibility index (Phi) is 13.5. The van der Waals surface area contributed by atoms with Crippen molar-refractivity contribution in [1.29, 1.82) is 0 Å². The molecule has 0 aromatic heterocycles. The minimum Gasteiger partial charge on any atom is -0.354 e. The van der Waals surface area contributed by atoms with E-state index in [4.69, 9.17) is 0 Å². The van der Waals surface area contributed by atoms with Crippen LogP contribution in [0.2, 0.25) is 0 Å². The molecule has 0 spiro atoms. The highest BCUT2D eigenvalue weighted by molar-refractivity contribution is 8.76. The predicted molar refractivity (Wildman–Crippen MR) is 205 cm³/mol. The van der Waals surface area contributed by atoms with E-state index < -0.39 is 65.8 Å². The van der Waals surface area contributed by atoms with Gasteiger partial charge in [0.15, 0.2) is 0 Å². The van der Waals surface area contributed by atoms with Crippen LogP contribution in [-0.2, 0) is 46.4 Å². The number of carbonyl (C=O) groups is 7. The molecule has 288 valence electrons. The Bertz CT molecular complexity index is 1700. The summed E-state index contributed by atoms with van der Waals surface area (Å²) in [5.74, 6) is -2.68. The molecule has 4 aliphatic rings. The first-order valence-corrected chi connectivity index (χ1v) is 21.1. The number of nitrogens with one attached hydrogen (secondary N) is 5. The molecule has 4 aliphatic heterocycles. The van der Waals surface area contributed by atoms with Crippen LogP contribution in [0.25, 0.3) is 0 Å². The number of benzene rings is 2. The zero-order chi connectivity index (χ0) is 38.0. The van der Waals surface area contributed by atoms with Crippen molar-refractivity contribution in [3.8, 4) is 0 Å². The summed E-state index contributed by atoms with van der Waals surface area (Å²) in [5, 5.41) is 14.2. The molecule has 7 amide bonds. The molecule has 0 saturated carbocycles. The van der Waals surface area contributed by atoms with Crippen molar-refractivity contribution in [2.75, 3.05) is 31.1 Å². The third kappa shape index (κ3) is 9.94. The number of nitrogens with zero attached hydrogens (tertiary/aromatic N) is 2. The highest BCUT2D eigenvalue weighted by atomic mass is 33.1. The molecule has 2 aromatic rings. The van der Waals surface area contributed by atoms with Crippen LogP contribution in [0.4, 0.5) is 0 Å². The number of hydrogen-bond acceptors (Lipinski definition) is 9. The lowest BCUT2D eigenvalue weighted by Gasteiger charge is -2.33. The zero-order valence-electron chi connectivity index (χ0n) is 30.0. The van der Waals surface area contributed by atoms with Crippen molar-refractivity contribution in [3.05, 3.63) is 71.8 Å². The van der Waals surface area contributed by atoms with Gasteiger partial charge < -0.3 is 36.4 Å². The summed E-state index contributed by atoms with van der Waals surface area (Å²) in [6.07, 6.45) is 3.22. The summed E-state index contributed by atoms with van der Waals surface area (Å²) in [7, 11) is 2.52. The van der Waals surface area contributed by atoms with Crippen LogP contribution in [0.5, 0.6) is 0 Å². The molecule has 5 N–H and O–H groups in total. The van der Waals surface area contributed by atoms with Gasteiger partial charge in [0, 0.05) is 44.0 Å². The third-order valence-corrected chi connectivity index (χ3v) is 12.7. The Morgan fingerprint density at radius 1 is 0.685 bits per heavy atom. The van der Waals surface area contributed by atoms with Crippen LogP contribution in [0.3, 0.4) is 0 Å². The second kappa shape index (κ2) is 18.7. The van der Waals surface area contributed by atoms with Crippen LogP contribution in [0.15, 0.2) is 60.7 Å². The van der Waals surface area contributed by atoms with E-state index in [1.54, 1.807) is 0 Å². The molecule has 16 heteroatoms. The van der Waals surface area contributed by atoms with Crippen molar-refractivity contribution in [2.24, 2.45) is 0 Å². The van der Waals surface area contributed by atoms with Crippen LogP contribution < -0.4 is 26.6 Å². The van der Waals surface area contributed by atoms with Gasteiger partial charge in [0.25, 0.3) is 0 Å². The fourth-order valence-corrected chi connectivity index (χ4v) is 9.67. The summed E-state index contributed by atoms with van der Waals surface area (Å²) in [4.78, 5) is 98.2. The molecule has 6 rings (SSSR count). The first kappa shape index (κ1) is 39.1. The Morgan fingerprint density at radius 2 is 1.33 bits per heavy atom. The first-order chi connectivity index (χ1) is 26.2. The van der Waals surface area contributed by atoms with Gasteiger partial charge in [0.2, 0.25) is 41.4 Å². The fraction of sp³-hybridized carbons (Fsp3) is 0.500. The summed E-state index contributed by atoms with van der Waals surface area (Å²) in [6, 6.07) is 13.5. The normalized spacial score (nSPS) is 26.9. The van der Waals surface area contributed by atoms with Crippen molar-refractivity contribution in [1.82, 2.24) is 36.4 Å². The number of carbonyl (C=O) groups excluding carboxylic acids is 7. The largest absolute Gasteiger partial charge is 0.354 e. The van der Waals surface area contributed by atoms with Crippen LogP contribution in [0.1, 0.15) is 49.7 Å². The Labute approximate surface area is 322 Å². The van der Waals surface area contributed by atoms with Crippen LogP contribution in [-0.4, -0.2) is 119 Å². The maximum Gasteiger partial charge on any atom is 0.246 e. The molecular formula is C38H47N7O7S2. The average Bonchev–Trinajstić information content (AvgIpc) is 3.97. The van der Waals surface area contributed by atoms with Gasteiger partial charge in [-0.05, 0) is 49.7 Å². The van der Waals surface area contributed by atoms with E-state index >= 15 is 0 Å². The van der Waals surface area contributed by atoms with Gasteiger partial charge in [0.05, 0.1) is 0 Å². The Morgan fingerprint density at radius 3 is 2.02 bits per heavy atom. The fourth-order valence-electron chi connectivity index (χ4n) is 7.35. The van der Waals surface area contributed by atoms with E-state index in [0.29, 0.717) is 58.2 Å². The maximum absolute atomic E-state index is 14.2. The van der Waals surface area contributed by atoms with Gasteiger partial charge in [-0.15, -0.1) is 0 Å². The highest BCUT2D eigenvalue weighted by Gasteiger charge is 2.44. The number of amides is 7. The van der Waals surface area contributed by atoms with Crippen molar-refractivity contribution in [3.63, 3.8) is 0 Å². The van der Waals surface area contributed by atoms with Crippen molar-refractivity contribution in [2.45, 2.75) is 87.6 Å². The minimum absolute atomic E-state index is 0.104. The highest BCUT2D eigenvalue weighted by Crippen LogP contribution is 2.28. The molecule has 14 nitrogen and oxygen atoms in total. The molecule has 4 fully saturated rings. The van der Waals surface area contributed by atoms with E-state index in [-0.39, 0.29) is 36.2 Å². The first-order valence-electron chi connectivity index (χ1n) is 18.6. The Hall–Kier alpha value is -4.57. The van der Waals surface area contributed by atoms with Crippen molar-refractivity contribution >= 4 is 62.9 Å². The molecule has 4 heterocycles. The van der Waals surface area contributed by atoms with E-state index in [9.17, 15) is 33.6 Å². The van der Waals surface area contributed by atoms with Gasteiger partial charge >= 0.3 is 0 Å². The molecule has 0 bridgehead atoms. The molecular weight excluding hydrogens is 731 g/mol. The zero-order valence-corrected chi connectivity index (χ0v) is 31.6. The van der Waals surface area contributed by atoms with Gasteiger partial charge in [-0.1, -0.05) is 82.3 Å². The van der Waals surface area contributed by atoms with E-state index in [0.717, 1.165) is 11.1 Å². The summed E-state index contributed by atoms with van der Waals surface area (Å²) >= 11 is 0. The smallest absolute Gasteiger partial charge is 0.246 e. The molecule has 0 aliphatic carbocycles. The Balaban J connectivity index is 1.26. The lowest BCUT2D eigenvalue weighted by atomic mass is 10.0. The number of rotatable bonds is 8. The number of hydrogen-bond donors (Lipinski definition) is 5. The van der Waals surface area contributed by atoms with E-state index in [1.807, 2.05) is 60.7 Å². The average molecular weight is 778 g/mol. The molecule has 0 radical (unpaired) electrons. The summed E-state index contributed by atoms with van der Waals surface area (Å²) < 4.78 is 0. The van der Waals surface area contributed by atoms with Crippen molar-refractivity contribution < 1.29 is 33.6 Å². The lowest BCUT2D eigenvalue weighted by molar-refractivity contribution is -0.148. The monoisotopic (exact) mass is 777 g/mol. The van der Waals surface area contributed by atoms with E-state index in [2.05, 4.69) is 26.6 Å². The third-order valence-electron chi connectivity index (χ3n) is 10.2. The van der Waals surface area contributed by atoms with Gasteiger partial charge in [-0.2, -0.15) is 0 Å². The predicted octanol–water partition coefficient (Wildman–Crippen LogP) is 0.698. The standard InChI is InChI=1S/C38H47N7O7S2/c46-32-16-15-26(40-32)34(48)43-29-23-54-53-22-28(33(47)39-18-17-24-9-3-1-4-10-24)42-35(49)27(21-25-11-5-2-6-12-25)41-36(50)30-13-7-19-44(30)38(52)31-14-8-20-45(31)37(29)51/h1-6,9-12,26-31H,7-8,13-23H2,(H,39,47)(H,40,46)(H,41,50)(H,42,49)(H,43,48)/t26-,27-,28-,29-,30-,31-/m0/s1. The molecule has 0 unspecified atom stereocenters. The molecule has 2 aromatic carbocycles. The van der Waals surface area contributed by atoms with Gasteiger partial charge in [0.1, 0.15) is 36.3 Å². The number of fused-ring (bicyclic) bond motifs is 2. The van der Waals surface area contributed by atoms with Crippen LogP contribution in [0, 0.1) is 0 Å². The molecule has 54 heavy (non-hydrogen) atoms. The topological polar surface area (TPSA) is 186 Å². The molecule has 4 saturated heterocycles. The molecule has 6 atom stereocenters. The second-order valence-corrected chi connectivity index (χ2v) is 16.6. The van der Waals surface area contributed by atoms with Crippen LogP contribution >= 0.6 is 21.6 Å². The van der Waals surface area contributed by atoms with Gasteiger partial charge in [-0.25, -0.2) is 0 Å². The maximum atomic E-state index is 14.2. The van der Waals surface area contributed by atoms with Gasteiger partial charge in [-0.3, -0.25) is 33.6 Å². The quantitative estimate of drug-likeness (QED) is 0.241. The second-order valence-electron chi connectivity index (χ2n) is 14.0. The SMILES string of the molecule is O=C1CC[C@@H](C(=O)N[C@H]2CSSC[C@@H](C(=O)NCCc3ccccc3)NC(=O)[C@H](Cc3ccccc3)NC(=O)[C@@H]3CCCN3C(=O)[C@@H]3CCCN3C2=O)N1. The summed E-state index contributed by atoms with van der Waals surface area (Å²) in [6.45, 7) is 0.970.